The van der Waals surface area contributed by atoms with E-state index in [4.69, 9.17) is 0 Å². The van der Waals surface area contributed by atoms with Crippen molar-refractivity contribution in [3.63, 3.8) is 0 Å². The lowest BCUT2D eigenvalue weighted by molar-refractivity contribution is 0.0655. The molecule has 9 heteroatoms. The Morgan fingerprint density at radius 2 is 1.65 bits per heavy atom. The number of pyridine rings is 1. The van der Waals surface area contributed by atoms with Crippen LogP contribution in [0.1, 0.15) is 41.7 Å². The maximum absolute atomic E-state index is 13.4. The molecule has 1 N–H and O–H groups in total. The van der Waals surface area contributed by atoms with E-state index in [1.807, 2.05) is 30.3 Å². The summed E-state index contributed by atoms with van der Waals surface area (Å²) >= 11 is 0. The predicted octanol–water partition coefficient (Wildman–Crippen LogP) is 2.25. The molecule has 9 nitrogen and oxygen atoms in total. The largest absolute Gasteiger partial charge is 0.335 e. The van der Waals surface area contributed by atoms with Crippen LogP contribution in [0.15, 0.2) is 53.5 Å². The van der Waals surface area contributed by atoms with E-state index in [1.165, 1.54) is 4.57 Å². The van der Waals surface area contributed by atoms with Gasteiger partial charge in [-0.3, -0.25) is 14.2 Å². The summed E-state index contributed by atoms with van der Waals surface area (Å²) in [6.07, 6.45) is 5.98. The Hall–Kier alpha value is -3.75. The predicted molar refractivity (Wildman–Crippen MR) is 128 cm³/mol. The van der Waals surface area contributed by atoms with E-state index in [-0.39, 0.29) is 17.8 Å². The highest BCUT2D eigenvalue weighted by Crippen LogP contribution is 2.18. The van der Waals surface area contributed by atoms with E-state index < -0.39 is 11.5 Å². The van der Waals surface area contributed by atoms with E-state index in [0.29, 0.717) is 43.9 Å². The number of fused-ring (bicyclic) bond motifs is 1. The van der Waals surface area contributed by atoms with Crippen LogP contribution in [0.2, 0.25) is 0 Å². The van der Waals surface area contributed by atoms with Crippen molar-refractivity contribution < 1.29 is 9.59 Å². The molecule has 1 aliphatic carbocycles. The summed E-state index contributed by atoms with van der Waals surface area (Å²) in [5, 5.41) is 3.10. The van der Waals surface area contributed by atoms with E-state index >= 15 is 0 Å². The first-order valence-corrected chi connectivity index (χ1v) is 11.8. The van der Waals surface area contributed by atoms with Crippen LogP contribution in [0.5, 0.6) is 0 Å². The molecule has 3 aromatic rings. The fraction of sp³-hybridized carbons (Fsp3) is 0.400. The highest BCUT2D eigenvalue weighted by atomic mass is 16.2. The van der Waals surface area contributed by atoms with Crippen LogP contribution in [0, 0.1) is 0 Å². The smallest absolute Gasteiger partial charge is 0.317 e. The third-order valence-electron chi connectivity index (χ3n) is 6.62. The minimum atomic E-state index is -0.457. The van der Waals surface area contributed by atoms with Gasteiger partial charge in [-0.15, -0.1) is 0 Å². The summed E-state index contributed by atoms with van der Waals surface area (Å²) in [6, 6.07) is 13.3. The summed E-state index contributed by atoms with van der Waals surface area (Å²) in [4.78, 5) is 51.4. The lowest BCUT2D eigenvalue weighted by atomic mass is 10.2. The lowest BCUT2D eigenvalue weighted by Gasteiger charge is -2.35. The van der Waals surface area contributed by atoms with Crippen LogP contribution in [0.4, 0.5) is 4.79 Å². The fourth-order valence-electron chi connectivity index (χ4n) is 4.73. The van der Waals surface area contributed by atoms with E-state index in [9.17, 15) is 14.4 Å². The monoisotopic (exact) mass is 460 g/mol. The molecule has 1 saturated heterocycles. The topological polar surface area (TPSA) is 100 Å². The number of urea groups is 1. The molecule has 3 amide bonds. The summed E-state index contributed by atoms with van der Waals surface area (Å²) in [5.74, 6) is -0.409. The van der Waals surface area contributed by atoms with E-state index in [2.05, 4.69) is 15.3 Å². The number of aromatic nitrogens is 3. The molecule has 0 bridgehead atoms. The highest BCUT2D eigenvalue weighted by molar-refractivity contribution is 5.93. The van der Waals surface area contributed by atoms with Crippen molar-refractivity contribution in [2.45, 2.75) is 38.3 Å². The minimum Gasteiger partial charge on any atom is -0.335 e. The minimum absolute atomic E-state index is 0.0703. The van der Waals surface area contributed by atoms with Crippen molar-refractivity contribution in [3.05, 3.63) is 70.3 Å². The molecule has 176 valence electrons. The number of benzene rings is 1. The van der Waals surface area contributed by atoms with Gasteiger partial charge in [-0.25, -0.2) is 14.8 Å². The van der Waals surface area contributed by atoms with Crippen LogP contribution in [-0.4, -0.2) is 68.5 Å². The summed E-state index contributed by atoms with van der Waals surface area (Å²) in [6.45, 7) is 1.88. The molecule has 2 fully saturated rings. The first-order chi connectivity index (χ1) is 16.6. The molecule has 2 aliphatic rings. The SMILES string of the molecule is O=C(NC1CCCC1)N1CCN(C(=O)c2nc3cccnc3n(Cc3ccccc3)c2=O)CC1. The van der Waals surface area contributed by atoms with Crippen molar-refractivity contribution in [1.29, 1.82) is 0 Å². The van der Waals surface area contributed by atoms with Crippen LogP contribution in [-0.2, 0) is 6.54 Å². The lowest BCUT2D eigenvalue weighted by Crippen LogP contribution is -2.55. The molecule has 1 aromatic carbocycles. The molecule has 0 unspecified atom stereocenters. The molecular weight excluding hydrogens is 432 g/mol. The van der Waals surface area contributed by atoms with Gasteiger partial charge in [0.25, 0.3) is 11.5 Å². The second-order valence-electron chi connectivity index (χ2n) is 8.89. The molecule has 1 saturated carbocycles. The van der Waals surface area contributed by atoms with Crippen LogP contribution in [0.3, 0.4) is 0 Å². The van der Waals surface area contributed by atoms with Crippen molar-refractivity contribution in [2.75, 3.05) is 26.2 Å². The first-order valence-electron chi connectivity index (χ1n) is 11.8. The number of nitrogens with zero attached hydrogens (tertiary/aromatic N) is 5. The van der Waals surface area contributed by atoms with E-state index in [1.54, 1.807) is 28.1 Å². The maximum atomic E-state index is 13.4. The van der Waals surface area contributed by atoms with Gasteiger partial charge in [-0.05, 0) is 30.5 Å². The third kappa shape index (κ3) is 4.50. The zero-order chi connectivity index (χ0) is 23.5. The van der Waals surface area contributed by atoms with Crippen molar-refractivity contribution in [3.8, 4) is 0 Å². The fourth-order valence-corrected chi connectivity index (χ4v) is 4.73. The van der Waals surface area contributed by atoms with Crippen LogP contribution in [0.25, 0.3) is 11.2 Å². The molecule has 0 spiro atoms. The number of hydrogen-bond acceptors (Lipinski definition) is 5. The van der Waals surface area contributed by atoms with Gasteiger partial charge in [0.2, 0.25) is 0 Å². The number of carbonyl (C=O) groups is 2. The Morgan fingerprint density at radius 1 is 0.941 bits per heavy atom. The molecule has 34 heavy (non-hydrogen) atoms. The maximum Gasteiger partial charge on any atom is 0.317 e. The number of nitrogens with one attached hydrogen (secondary N) is 1. The van der Waals surface area contributed by atoms with Gasteiger partial charge in [-0.1, -0.05) is 43.2 Å². The zero-order valence-corrected chi connectivity index (χ0v) is 19.0. The second kappa shape index (κ2) is 9.62. The highest BCUT2D eigenvalue weighted by Gasteiger charge is 2.29. The van der Waals surface area contributed by atoms with Gasteiger partial charge in [0.05, 0.1) is 6.54 Å². The standard InChI is InChI=1S/C25H28N6O3/c32-23(29-13-15-30(16-14-29)25(34)27-19-9-4-5-10-19)21-24(33)31(17-18-7-2-1-3-8-18)22-20(28-21)11-6-12-26-22/h1-3,6-8,11-12,19H,4-5,9-10,13-17H2,(H,27,34). The van der Waals surface area contributed by atoms with E-state index in [0.717, 1.165) is 31.2 Å². The average molecular weight is 461 g/mol. The van der Waals surface area contributed by atoms with Gasteiger partial charge < -0.3 is 15.1 Å². The average Bonchev–Trinajstić information content (AvgIpc) is 3.39. The van der Waals surface area contributed by atoms with Gasteiger partial charge >= 0.3 is 6.03 Å². The number of rotatable bonds is 4. The molecular formula is C25H28N6O3. The molecule has 2 aromatic heterocycles. The first kappa shape index (κ1) is 22.1. The number of hydrogen-bond donors (Lipinski definition) is 1. The second-order valence-corrected chi connectivity index (χ2v) is 8.89. The van der Waals surface area contributed by atoms with Crippen molar-refractivity contribution >= 4 is 23.1 Å². The molecule has 5 rings (SSSR count). The van der Waals surface area contributed by atoms with Crippen molar-refractivity contribution in [2.24, 2.45) is 0 Å². The van der Waals surface area contributed by atoms with Gasteiger partial charge in [0.15, 0.2) is 11.3 Å². The van der Waals surface area contributed by atoms with Gasteiger partial charge in [0.1, 0.15) is 5.52 Å². The van der Waals surface area contributed by atoms with Gasteiger partial charge in [0, 0.05) is 38.4 Å². The number of amides is 3. The van der Waals surface area contributed by atoms with Crippen LogP contribution < -0.4 is 10.9 Å². The Labute approximate surface area is 197 Å². The van der Waals surface area contributed by atoms with Gasteiger partial charge in [-0.2, -0.15) is 0 Å². The third-order valence-corrected chi connectivity index (χ3v) is 6.62. The van der Waals surface area contributed by atoms with Crippen molar-refractivity contribution in [1.82, 2.24) is 29.7 Å². The summed E-state index contributed by atoms with van der Waals surface area (Å²) in [7, 11) is 0. The zero-order valence-electron chi connectivity index (χ0n) is 19.0. The Bertz CT molecular complexity index is 1240. The Kier molecular flexibility index (Phi) is 6.24. The normalized spacial score (nSPS) is 16.7. The quantitative estimate of drug-likeness (QED) is 0.644. The summed E-state index contributed by atoms with van der Waals surface area (Å²) in [5.41, 5.74) is 1.31. The molecule has 3 heterocycles. The molecule has 1 aliphatic heterocycles. The Morgan fingerprint density at radius 3 is 2.38 bits per heavy atom. The Balaban J connectivity index is 1.35. The molecule has 0 atom stereocenters. The summed E-state index contributed by atoms with van der Waals surface area (Å²) < 4.78 is 1.51. The number of carbonyl (C=O) groups excluding carboxylic acids is 2. The number of piperazine rings is 1. The molecule has 0 radical (unpaired) electrons. The van der Waals surface area contributed by atoms with Crippen LogP contribution >= 0.6 is 0 Å².